The summed E-state index contributed by atoms with van der Waals surface area (Å²) in [4.78, 5) is -0.564. The SMILES string of the molecule is Ic1ccccc1.O=S(=O)(O)c1ccc(C(F)(F)F)cc1. The Morgan fingerprint density at radius 1 is 0.905 bits per heavy atom. The van der Waals surface area contributed by atoms with Crippen molar-refractivity contribution in [3.63, 3.8) is 0 Å². The number of hydrogen-bond donors (Lipinski definition) is 1. The zero-order valence-electron chi connectivity index (χ0n) is 10.4. The van der Waals surface area contributed by atoms with E-state index in [0.717, 1.165) is 0 Å². The molecular formula is C13H10F3IO3S. The number of hydrogen-bond acceptors (Lipinski definition) is 2. The van der Waals surface area contributed by atoms with Crippen LogP contribution in [0.3, 0.4) is 0 Å². The second kappa shape index (κ2) is 7.23. The van der Waals surface area contributed by atoms with E-state index in [0.29, 0.717) is 24.3 Å². The second-order valence-corrected chi connectivity index (χ2v) is 6.46. The monoisotopic (exact) mass is 430 g/mol. The van der Waals surface area contributed by atoms with Crippen LogP contribution in [0.1, 0.15) is 5.56 Å². The standard InChI is InChI=1S/C7H5F3O3S.C6H5I/c8-7(9,10)5-1-3-6(4-2-5)14(11,12)13;7-6-4-2-1-3-5-6/h1-4H,(H,11,12,13);1-5H. The number of benzene rings is 2. The van der Waals surface area contributed by atoms with Gasteiger partial charge in [0.15, 0.2) is 0 Å². The Morgan fingerprint density at radius 2 is 1.38 bits per heavy atom. The van der Waals surface area contributed by atoms with Crippen molar-refractivity contribution < 1.29 is 26.1 Å². The van der Waals surface area contributed by atoms with Crippen LogP contribution in [-0.4, -0.2) is 13.0 Å². The number of halogens is 4. The van der Waals surface area contributed by atoms with Gasteiger partial charge >= 0.3 is 6.18 Å². The minimum Gasteiger partial charge on any atom is -0.282 e. The van der Waals surface area contributed by atoms with E-state index in [1.165, 1.54) is 3.57 Å². The Labute approximate surface area is 133 Å². The molecule has 0 saturated carbocycles. The minimum absolute atomic E-state index is 0.564. The molecule has 2 aromatic rings. The van der Waals surface area contributed by atoms with E-state index in [1.54, 1.807) is 0 Å². The van der Waals surface area contributed by atoms with Crippen LogP contribution in [0, 0.1) is 3.57 Å². The van der Waals surface area contributed by atoms with Crippen molar-refractivity contribution in [2.75, 3.05) is 0 Å². The Hall–Kier alpha value is -1.13. The van der Waals surface area contributed by atoms with Crippen LogP contribution in [-0.2, 0) is 16.3 Å². The van der Waals surface area contributed by atoms with Crippen molar-refractivity contribution in [1.82, 2.24) is 0 Å². The fourth-order valence-electron chi connectivity index (χ4n) is 1.23. The van der Waals surface area contributed by atoms with E-state index in [9.17, 15) is 21.6 Å². The summed E-state index contributed by atoms with van der Waals surface area (Å²) in [6, 6.07) is 12.8. The van der Waals surface area contributed by atoms with Gasteiger partial charge < -0.3 is 0 Å². The van der Waals surface area contributed by atoms with E-state index >= 15 is 0 Å². The summed E-state index contributed by atoms with van der Waals surface area (Å²) in [5.41, 5.74) is -0.968. The van der Waals surface area contributed by atoms with Crippen LogP contribution in [0.15, 0.2) is 59.5 Å². The molecule has 2 aromatic carbocycles. The molecule has 0 atom stereocenters. The second-order valence-electron chi connectivity index (χ2n) is 3.79. The average Bonchev–Trinajstić information content (AvgIpc) is 2.38. The molecule has 2 rings (SSSR count). The molecule has 0 radical (unpaired) electrons. The van der Waals surface area contributed by atoms with Gasteiger partial charge in [0.05, 0.1) is 10.5 Å². The Morgan fingerprint density at radius 3 is 1.67 bits per heavy atom. The lowest BCUT2D eigenvalue weighted by Crippen LogP contribution is -2.05. The quantitative estimate of drug-likeness (QED) is 0.544. The highest BCUT2D eigenvalue weighted by Gasteiger charge is 2.30. The molecule has 0 spiro atoms. The molecule has 8 heteroatoms. The molecule has 0 fully saturated rings. The van der Waals surface area contributed by atoms with E-state index < -0.39 is 26.8 Å². The first-order chi connectivity index (χ1) is 9.60. The van der Waals surface area contributed by atoms with Gasteiger partial charge in [-0.15, -0.1) is 0 Å². The smallest absolute Gasteiger partial charge is 0.282 e. The fourth-order valence-corrected chi connectivity index (χ4v) is 2.13. The van der Waals surface area contributed by atoms with Gasteiger partial charge in [-0.05, 0) is 59.0 Å². The van der Waals surface area contributed by atoms with Gasteiger partial charge in [0.25, 0.3) is 10.1 Å². The Balaban J connectivity index is 0.000000262. The number of alkyl halides is 3. The maximum Gasteiger partial charge on any atom is 0.416 e. The van der Waals surface area contributed by atoms with Gasteiger partial charge in [-0.1, -0.05) is 18.2 Å². The fraction of sp³-hybridized carbons (Fsp3) is 0.0769. The molecular weight excluding hydrogens is 420 g/mol. The molecule has 21 heavy (non-hydrogen) atoms. The van der Waals surface area contributed by atoms with Crippen molar-refractivity contribution >= 4 is 32.7 Å². The molecule has 0 aliphatic rings. The maximum atomic E-state index is 12.0. The van der Waals surface area contributed by atoms with Crippen LogP contribution in [0.2, 0.25) is 0 Å². The first-order valence-electron chi connectivity index (χ1n) is 5.46. The molecule has 0 amide bonds. The predicted molar refractivity (Wildman–Crippen MR) is 80.4 cm³/mol. The van der Waals surface area contributed by atoms with Crippen molar-refractivity contribution in [3.05, 3.63) is 63.7 Å². The third-order valence-corrected chi connectivity index (χ3v) is 3.80. The molecule has 0 aromatic heterocycles. The van der Waals surface area contributed by atoms with Gasteiger partial charge in [0.1, 0.15) is 0 Å². The van der Waals surface area contributed by atoms with Gasteiger partial charge in [-0.25, -0.2) is 0 Å². The molecule has 1 N–H and O–H groups in total. The highest BCUT2D eigenvalue weighted by molar-refractivity contribution is 14.1. The highest BCUT2D eigenvalue weighted by atomic mass is 127. The third-order valence-electron chi connectivity index (χ3n) is 2.21. The summed E-state index contributed by atoms with van der Waals surface area (Å²) < 4.78 is 66.7. The van der Waals surface area contributed by atoms with Crippen LogP contribution in [0.5, 0.6) is 0 Å². The number of rotatable bonds is 1. The summed E-state index contributed by atoms with van der Waals surface area (Å²) >= 11 is 2.28. The van der Waals surface area contributed by atoms with Crippen LogP contribution in [0.25, 0.3) is 0 Å². The largest absolute Gasteiger partial charge is 0.416 e. The van der Waals surface area contributed by atoms with Crippen LogP contribution >= 0.6 is 22.6 Å². The van der Waals surface area contributed by atoms with E-state index in [1.807, 2.05) is 18.2 Å². The summed E-state index contributed by atoms with van der Waals surface area (Å²) in [6.45, 7) is 0. The molecule has 114 valence electrons. The summed E-state index contributed by atoms with van der Waals surface area (Å²) in [6.07, 6.45) is -4.52. The van der Waals surface area contributed by atoms with Crippen molar-refractivity contribution in [2.24, 2.45) is 0 Å². The third kappa shape index (κ3) is 6.44. The molecule has 0 aliphatic carbocycles. The zero-order chi connectivity index (χ0) is 16.1. The first kappa shape index (κ1) is 17.9. The molecule has 0 bridgehead atoms. The van der Waals surface area contributed by atoms with E-state index in [4.69, 9.17) is 4.55 Å². The summed E-state index contributed by atoms with van der Waals surface area (Å²) in [5.74, 6) is 0. The molecule has 0 aliphatic heterocycles. The van der Waals surface area contributed by atoms with Gasteiger partial charge in [0.2, 0.25) is 0 Å². The topological polar surface area (TPSA) is 54.4 Å². The van der Waals surface area contributed by atoms with Gasteiger partial charge in [-0.3, -0.25) is 4.55 Å². The van der Waals surface area contributed by atoms with Gasteiger partial charge in [0, 0.05) is 3.57 Å². The summed E-state index contributed by atoms with van der Waals surface area (Å²) in [7, 11) is -4.43. The Kier molecular flexibility index (Phi) is 6.17. The molecule has 3 nitrogen and oxygen atoms in total. The van der Waals surface area contributed by atoms with Crippen molar-refractivity contribution in [2.45, 2.75) is 11.1 Å². The van der Waals surface area contributed by atoms with Crippen molar-refractivity contribution in [3.8, 4) is 0 Å². The lowest BCUT2D eigenvalue weighted by molar-refractivity contribution is -0.137. The Bertz CT molecular complexity index is 668. The lowest BCUT2D eigenvalue weighted by Gasteiger charge is -2.05. The molecule has 0 heterocycles. The predicted octanol–water partition coefficient (Wildman–Crippen LogP) is 4.24. The first-order valence-corrected chi connectivity index (χ1v) is 7.98. The summed E-state index contributed by atoms with van der Waals surface area (Å²) in [5, 5.41) is 0. The van der Waals surface area contributed by atoms with Crippen molar-refractivity contribution in [1.29, 1.82) is 0 Å². The van der Waals surface area contributed by atoms with Crippen LogP contribution in [0.4, 0.5) is 13.2 Å². The van der Waals surface area contributed by atoms with Crippen LogP contribution < -0.4 is 0 Å². The molecule has 0 saturated heterocycles. The highest BCUT2D eigenvalue weighted by Crippen LogP contribution is 2.29. The van der Waals surface area contributed by atoms with Gasteiger partial charge in [-0.2, -0.15) is 21.6 Å². The molecule has 0 unspecified atom stereocenters. The minimum atomic E-state index is -4.52. The lowest BCUT2D eigenvalue weighted by atomic mass is 10.2. The average molecular weight is 430 g/mol. The van der Waals surface area contributed by atoms with E-state index in [2.05, 4.69) is 34.7 Å². The van der Waals surface area contributed by atoms with E-state index in [-0.39, 0.29) is 0 Å². The maximum absolute atomic E-state index is 12.0. The normalized spacial score (nSPS) is 11.5. The zero-order valence-corrected chi connectivity index (χ0v) is 13.4.